The molecular formula is C22H28N2O4. The van der Waals surface area contributed by atoms with Gasteiger partial charge >= 0.3 is 0 Å². The first-order valence-electron chi connectivity index (χ1n) is 9.52. The predicted octanol–water partition coefficient (Wildman–Crippen LogP) is 3.88. The fourth-order valence-corrected chi connectivity index (χ4v) is 2.65. The van der Waals surface area contributed by atoms with Crippen molar-refractivity contribution < 1.29 is 19.1 Å². The van der Waals surface area contributed by atoms with Crippen LogP contribution in [0.2, 0.25) is 0 Å². The van der Waals surface area contributed by atoms with Crippen molar-refractivity contribution >= 4 is 17.5 Å². The summed E-state index contributed by atoms with van der Waals surface area (Å²) in [4.78, 5) is 25.2. The largest absolute Gasteiger partial charge is 0.494 e. The summed E-state index contributed by atoms with van der Waals surface area (Å²) >= 11 is 0. The molecule has 6 nitrogen and oxygen atoms in total. The van der Waals surface area contributed by atoms with Crippen LogP contribution in [0.15, 0.2) is 48.5 Å². The van der Waals surface area contributed by atoms with Gasteiger partial charge in [-0.1, -0.05) is 13.8 Å². The van der Waals surface area contributed by atoms with Crippen molar-refractivity contribution in [3.63, 3.8) is 0 Å². The maximum Gasteiger partial charge on any atom is 0.251 e. The summed E-state index contributed by atoms with van der Waals surface area (Å²) in [6, 6.07) is 13.3. The number of carbonyl (C=O) groups excluding carboxylic acids is 2. The van der Waals surface area contributed by atoms with Gasteiger partial charge in [-0.3, -0.25) is 9.59 Å². The smallest absolute Gasteiger partial charge is 0.251 e. The maximum absolute atomic E-state index is 12.7. The van der Waals surface area contributed by atoms with E-state index in [2.05, 4.69) is 10.6 Å². The second-order valence-corrected chi connectivity index (χ2v) is 6.60. The highest BCUT2D eigenvalue weighted by Crippen LogP contribution is 2.17. The Balaban J connectivity index is 2.02. The number of carbonyl (C=O) groups is 2. The second-order valence-electron chi connectivity index (χ2n) is 6.60. The van der Waals surface area contributed by atoms with E-state index in [1.807, 2.05) is 27.7 Å². The zero-order chi connectivity index (χ0) is 20.5. The van der Waals surface area contributed by atoms with Crippen LogP contribution in [0.1, 0.15) is 38.1 Å². The molecule has 0 aromatic heterocycles. The summed E-state index contributed by atoms with van der Waals surface area (Å²) in [5.74, 6) is 0.800. The van der Waals surface area contributed by atoms with Gasteiger partial charge in [0.2, 0.25) is 5.91 Å². The van der Waals surface area contributed by atoms with E-state index in [0.29, 0.717) is 30.2 Å². The lowest BCUT2D eigenvalue weighted by atomic mass is 10.0. The van der Waals surface area contributed by atoms with Gasteiger partial charge in [-0.15, -0.1) is 0 Å². The first-order valence-corrected chi connectivity index (χ1v) is 9.52. The van der Waals surface area contributed by atoms with Gasteiger partial charge in [-0.05, 0) is 68.3 Å². The number of rotatable bonds is 9. The minimum atomic E-state index is -0.661. The van der Waals surface area contributed by atoms with Gasteiger partial charge < -0.3 is 20.1 Å². The molecule has 2 aromatic carbocycles. The van der Waals surface area contributed by atoms with Crippen LogP contribution in [0.3, 0.4) is 0 Å². The number of amides is 2. The Hall–Kier alpha value is -3.02. The van der Waals surface area contributed by atoms with Crippen LogP contribution in [0.4, 0.5) is 5.69 Å². The van der Waals surface area contributed by atoms with E-state index in [0.717, 1.165) is 5.75 Å². The molecule has 2 N–H and O–H groups in total. The van der Waals surface area contributed by atoms with Crippen LogP contribution in [0.25, 0.3) is 0 Å². The van der Waals surface area contributed by atoms with Crippen molar-refractivity contribution in [3.8, 4) is 11.5 Å². The number of ether oxygens (including phenoxy) is 2. The Kier molecular flexibility index (Phi) is 7.87. The summed E-state index contributed by atoms with van der Waals surface area (Å²) in [5.41, 5.74) is 1.12. The highest BCUT2D eigenvalue weighted by Gasteiger charge is 2.24. The molecule has 2 amide bonds. The summed E-state index contributed by atoms with van der Waals surface area (Å²) in [6.07, 6.45) is 0. The summed E-state index contributed by atoms with van der Waals surface area (Å²) in [5, 5.41) is 5.67. The zero-order valence-electron chi connectivity index (χ0n) is 16.8. The maximum atomic E-state index is 12.7. The van der Waals surface area contributed by atoms with Gasteiger partial charge in [0.05, 0.1) is 13.2 Å². The van der Waals surface area contributed by atoms with Crippen LogP contribution in [-0.4, -0.2) is 31.1 Å². The average molecular weight is 384 g/mol. The standard InChI is InChI=1S/C22H28N2O4/c1-5-27-18-11-7-16(8-12-18)21(25)24-20(15(3)4)22(26)23-17-9-13-19(14-10-17)28-6-2/h7-15,20H,5-6H2,1-4H3,(H,23,26)(H,24,25)/t20-/m1/s1. The fourth-order valence-electron chi connectivity index (χ4n) is 2.65. The van der Waals surface area contributed by atoms with Gasteiger partial charge in [0.1, 0.15) is 17.5 Å². The van der Waals surface area contributed by atoms with Crippen molar-refractivity contribution in [2.75, 3.05) is 18.5 Å². The van der Waals surface area contributed by atoms with E-state index in [1.165, 1.54) is 0 Å². The molecule has 0 fully saturated rings. The molecule has 2 aromatic rings. The van der Waals surface area contributed by atoms with Crippen molar-refractivity contribution in [3.05, 3.63) is 54.1 Å². The lowest BCUT2D eigenvalue weighted by Crippen LogP contribution is -2.47. The monoisotopic (exact) mass is 384 g/mol. The van der Waals surface area contributed by atoms with Crippen LogP contribution in [0, 0.1) is 5.92 Å². The molecule has 0 saturated carbocycles. The van der Waals surface area contributed by atoms with Crippen LogP contribution < -0.4 is 20.1 Å². The number of benzene rings is 2. The SMILES string of the molecule is CCOc1ccc(NC(=O)[C@H](NC(=O)c2ccc(OCC)cc2)C(C)C)cc1. The minimum Gasteiger partial charge on any atom is -0.494 e. The van der Waals surface area contributed by atoms with Crippen molar-refractivity contribution in [2.45, 2.75) is 33.7 Å². The Labute approximate surface area is 166 Å². The van der Waals surface area contributed by atoms with E-state index in [-0.39, 0.29) is 17.7 Å². The Bertz CT molecular complexity index is 770. The zero-order valence-corrected chi connectivity index (χ0v) is 16.8. The third-order valence-electron chi connectivity index (χ3n) is 4.10. The fraction of sp³-hybridized carbons (Fsp3) is 0.364. The Morgan fingerprint density at radius 3 is 1.82 bits per heavy atom. The van der Waals surface area contributed by atoms with E-state index in [1.54, 1.807) is 48.5 Å². The van der Waals surface area contributed by atoms with E-state index >= 15 is 0 Å². The molecule has 28 heavy (non-hydrogen) atoms. The molecule has 0 saturated heterocycles. The normalized spacial score (nSPS) is 11.6. The summed E-state index contributed by atoms with van der Waals surface area (Å²) in [7, 11) is 0. The second kappa shape index (κ2) is 10.3. The highest BCUT2D eigenvalue weighted by molar-refractivity contribution is 6.01. The third kappa shape index (κ3) is 6.01. The molecule has 0 radical (unpaired) electrons. The number of hydrogen-bond acceptors (Lipinski definition) is 4. The number of hydrogen-bond donors (Lipinski definition) is 2. The van der Waals surface area contributed by atoms with Crippen molar-refractivity contribution in [2.24, 2.45) is 5.92 Å². The molecule has 0 aliphatic carbocycles. The molecule has 0 heterocycles. The molecule has 0 bridgehead atoms. The lowest BCUT2D eigenvalue weighted by Gasteiger charge is -2.22. The van der Waals surface area contributed by atoms with Crippen molar-refractivity contribution in [1.82, 2.24) is 5.32 Å². The number of nitrogens with one attached hydrogen (secondary N) is 2. The third-order valence-corrected chi connectivity index (χ3v) is 4.10. The highest BCUT2D eigenvalue weighted by atomic mass is 16.5. The first kappa shape index (κ1) is 21.3. The van der Waals surface area contributed by atoms with E-state index in [9.17, 15) is 9.59 Å². The van der Waals surface area contributed by atoms with Gasteiger partial charge in [0.15, 0.2) is 0 Å². The van der Waals surface area contributed by atoms with Gasteiger partial charge in [0, 0.05) is 11.3 Å². The first-order chi connectivity index (χ1) is 13.4. The minimum absolute atomic E-state index is 0.0747. The molecule has 0 spiro atoms. The van der Waals surface area contributed by atoms with Crippen LogP contribution >= 0.6 is 0 Å². The van der Waals surface area contributed by atoms with E-state index < -0.39 is 6.04 Å². The van der Waals surface area contributed by atoms with Gasteiger partial charge in [-0.2, -0.15) is 0 Å². The van der Waals surface area contributed by atoms with Gasteiger partial charge in [-0.25, -0.2) is 0 Å². The van der Waals surface area contributed by atoms with Gasteiger partial charge in [0.25, 0.3) is 5.91 Å². The average Bonchev–Trinajstić information content (AvgIpc) is 2.68. The molecule has 0 aliphatic heterocycles. The van der Waals surface area contributed by atoms with E-state index in [4.69, 9.17) is 9.47 Å². The molecule has 2 rings (SSSR count). The molecule has 150 valence electrons. The molecule has 0 aliphatic rings. The summed E-state index contributed by atoms with van der Waals surface area (Å²) in [6.45, 7) is 8.74. The molecule has 6 heteroatoms. The quantitative estimate of drug-likeness (QED) is 0.688. The van der Waals surface area contributed by atoms with Crippen LogP contribution in [0.5, 0.6) is 11.5 Å². The molecule has 1 atom stereocenters. The van der Waals surface area contributed by atoms with Crippen LogP contribution in [-0.2, 0) is 4.79 Å². The topological polar surface area (TPSA) is 76.7 Å². The Morgan fingerprint density at radius 1 is 0.857 bits per heavy atom. The summed E-state index contributed by atoms with van der Waals surface area (Å²) < 4.78 is 10.8. The predicted molar refractivity (Wildman–Crippen MR) is 110 cm³/mol. The molecular weight excluding hydrogens is 356 g/mol. The van der Waals surface area contributed by atoms with Crippen molar-refractivity contribution in [1.29, 1.82) is 0 Å². The molecule has 0 unspecified atom stereocenters. The lowest BCUT2D eigenvalue weighted by molar-refractivity contribution is -0.118. The Morgan fingerprint density at radius 2 is 1.36 bits per heavy atom. The number of anilines is 1.